The number of aromatic amines is 1. The van der Waals surface area contributed by atoms with Crippen molar-refractivity contribution in [3.63, 3.8) is 0 Å². The summed E-state index contributed by atoms with van der Waals surface area (Å²) in [6.45, 7) is 1.93. The van der Waals surface area contributed by atoms with Crippen molar-refractivity contribution in [2.24, 2.45) is 10.4 Å². The summed E-state index contributed by atoms with van der Waals surface area (Å²) in [4.78, 5) is 22.4. The van der Waals surface area contributed by atoms with Crippen molar-refractivity contribution >= 4 is 33.1 Å². The molecule has 10 heteroatoms. The van der Waals surface area contributed by atoms with Crippen molar-refractivity contribution in [1.82, 2.24) is 19.5 Å². The largest absolute Gasteiger partial charge is 0.306 e. The van der Waals surface area contributed by atoms with E-state index in [2.05, 4.69) is 20.2 Å². The average Bonchev–Trinajstić information content (AvgIpc) is 3.53. The standard InChI is InChI=1S/C24H28N6O3S/c1-15-7-8-27-21(9-15)23(31)24-11-16-14-28-29-20(16)10-17(24)3-4-19(12-24)30(18-5-6-18)34(32,33)22(13-25)26-2/h7-10,13-14,18-19,25H,3-6,11-12H2,1-2H3,(H,28,29)/b25-13?,26-22+/t19-,24-/m0/s1. The molecule has 0 aromatic carbocycles. The van der Waals surface area contributed by atoms with Crippen molar-refractivity contribution in [3.8, 4) is 0 Å². The number of pyridine rings is 1. The molecule has 178 valence electrons. The Morgan fingerprint density at radius 3 is 2.79 bits per heavy atom. The van der Waals surface area contributed by atoms with E-state index in [1.807, 2.05) is 19.1 Å². The van der Waals surface area contributed by atoms with E-state index in [0.29, 0.717) is 31.4 Å². The van der Waals surface area contributed by atoms with E-state index >= 15 is 0 Å². The molecule has 3 aliphatic carbocycles. The number of carbonyl (C=O) groups excluding carboxylic acids is 1. The fraction of sp³-hybridized carbons (Fsp3) is 0.458. The lowest BCUT2D eigenvalue weighted by Gasteiger charge is -2.46. The Morgan fingerprint density at radius 1 is 1.32 bits per heavy atom. The predicted molar refractivity (Wildman–Crippen MR) is 130 cm³/mol. The molecule has 2 aromatic rings. The Morgan fingerprint density at radius 2 is 2.12 bits per heavy atom. The number of fused-ring (bicyclic) bond motifs is 2. The van der Waals surface area contributed by atoms with Crippen LogP contribution in [-0.4, -0.2) is 64.1 Å². The van der Waals surface area contributed by atoms with Crippen LogP contribution in [0.15, 0.2) is 35.1 Å². The molecular formula is C24H28N6O3S. The van der Waals surface area contributed by atoms with Gasteiger partial charge in [-0.1, -0.05) is 5.57 Å². The number of H-pyrrole nitrogens is 1. The number of nitrogens with one attached hydrogen (secondary N) is 2. The van der Waals surface area contributed by atoms with Gasteiger partial charge in [-0.2, -0.15) is 9.40 Å². The predicted octanol–water partition coefficient (Wildman–Crippen LogP) is 2.95. The summed E-state index contributed by atoms with van der Waals surface area (Å²) in [5.74, 6) is -0.0800. The highest BCUT2D eigenvalue weighted by molar-refractivity contribution is 8.06. The summed E-state index contributed by atoms with van der Waals surface area (Å²) in [5.41, 5.74) is 3.31. The van der Waals surface area contributed by atoms with Crippen LogP contribution in [0.25, 0.3) is 6.08 Å². The minimum absolute atomic E-state index is 0.0800. The van der Waals surface area contributed by atoms with Crippen molar-refractivity contribution in [1.29, 1.82) is 5.41 Å². The quantitative estimate of drug-likeness (QED) is 0.373. The number of sulfonamides is 1. The number of aryl methyl sites for hydroxylation is 1. The maximum absolute atomic E-state index is 14.1. The SMILES string of the molecule is C/N=C(\C=N)S(=O)(=O)N(C1CC1)[C@H]1CCC2=Cc3[nH]ncc3C[C@]2(C(=O)c2cc(C)ccn2)C1. The molecule has 0 radical (unpaired) electrons. The van der Waals surface area contributed by atoms with Gasteiger partial charge in [0.05, 0.1) is 23.5 Å². The number of allylic oxidation sites excluding steroid dienone is 1. The zero-order chi connectivity index (χ0) is 24.1. The third-order valence-corrected chi connectivity index (χ3v) is 9.22. The van der Waals surface area contributed by atoms with E-state index < -0.39 is 15.4 Å². The second-order valence-electron chi connectivity index (χ2n) is 9.45. The molecule has 5 rings (SSSR count). The van der Waals surface area contributed by atoms with Crippen LogP contribution in [0.1, 0.15) is 59.4 Å². The number of aliphatic imine (C=N–C) groups is 1. The molecule has 0 amide bonds. The van der Waals surface area contributed by atoms with Crippen molar-refractivity contribution < 1.29 is 13.2 Å². The van der Waals surface area contributed by atoms with Crippen molar-refractivity contribution in [3.05, 3.63) is 52.6 Å². The monoisotopic (exact) mass is 480 g/mol. The Bertz CT molecular complexity index is 1320. The number of nitrogens with zero attached hydrogens (tertiary/aromatic N) is 4. The first kappa shape index (κ1) is 22.8. The van der Waals surface area contributed by atoms with Gasteiger partial charge in [0, 0.05) is 25.3 Å². The number of hydrogen-bond acceptors (Lipinski definition) is 7. The van der Waals surface area contributed by atoms with Crippen molar-refractivity contribution in [2.75, 3.05) is 7.05 Å². The zero-order valence-corrected chi connectivity index (χ0v) is 20.1. The number of hydrogen-bond donors (Lipinski definition) is 2. The fourth-order valence-corrected chi connectivity index (χ4v) is 7.27. The van der Waals surface area contributed by atoms with Gasteiger partial charge in [0.25, 0.3) is 10.0 Å². The van der Waals surface area contributed by atoms with Gasteiger partial charge in [0.15, 0.2) is 10.8 Å². The molecule has 3 aliphatic rings. The van der Waals surface area contributed by atoms with Crippen LogP contribution in [0, 0.1) is 17.7 Å². The normalized spacial score (nSPS) is 24.9. The maximum atomic E-state index is 14.1. The lowest BCUT2D eigenvalue weighted by Crippen LogP contribution is -2.52. The van der Waals surface area contributed by atoms with Gasteiger partial charge in [-0.25, -0.2) is 8.42 Å². The van der Waals surface area contributed by atoms with Crippen LogP contribution in [0.5, 0.6) is 0 Å². The topological polar surface area (TPSA) is 132 Å². The minimum Gasteiger partial charge on any atom is -0.306 e. The number of Topliss-reactive ketones (excluding diaryl/α,β-unsaturated/α-hetero) is 1. The summed E-state index contributed by atoms with van der Waals surface area (Å²) in [6.07, 6.45) is 9.78. The first-order valence-corrected chi connectivity index (χ1v) is 13.0. The molecule has 0 aliphatic heterocycles. The van der Waals surface area contributed by atoms with Crippen LogP contribution in [0.2, 0.25) is 0 Å². The Kier molecular flexibility index (Phi) is 5.60. The van der Waals surface area contributed by atoms with Gasteiger partial charge in [-0.05, 0) is 74.8 Å². The first-order valence-electron chi connectivity index (χ1n) is 11.5. The molecule has 0 unspecified atom stereocenters. The van der Waals surface area contributed by atoms with Gasteiger partial charge in [-0.15, -0.1) is 0 Å². The van der Waals surface area contributed by atoms with E-state index in [9.17, 15) is 13.2 Å². The average molecular weight is 481 g/mol. The molecule has 0 bridgehead atoms. The molecule has 2 atom stereocenters. The summed E-state index contributed by atoms with van der Waals surface area (Å²) < 4.78 is 28.5. The first-order chi connectivity index (χ1) is 16.3. The Balaban J connectivity index is 1.60. The molecule has 2 aromatic heterocycles. The third kappa shape index (κ3) is 3.65. The lowest BCUT2D eigenvalue weighted by molar-refractivity contribution is 0.0734. The van der Waals surface area contributed by atoms with Crippen LogP contribution in [0.4, 0.5) is 0 Å². The highest BCUT2D eigenvalue weighted by atomic mass is 32.2. The van der Waals surface area contributed by atoms with E-state index in [1.165, 1.54) is 7.05 Å². The van der Waals surface area contributed by atoms with Crippen molar-refractivity contribution in [2.45, 2.75) is 57.5 Å². The number of aromatic nitrogens is 3. The molecule has 9 nitrogen and oxygen atoms in total. The molecular weight excluding hydrogens is 452 g/mol. The van der Waals surface area contributed by atoms with E-state index in [-0.39, 0.29) is 22.9 Å². The maximum Gasteiger partial charge on any atom is 0.262 e. The van der Waals surface area contributed by atoms with Crippen LogP contribution in [-0.2, 0) is 16.4 Å². The fourth-order valence-electron chi connectivity index (χ4n) is 5.50. The smallest absolute Gasteiger partial charge is 0.262 e. The second kappa shape index (κ2) is 8.35. The van der Waals surface area contributed by atoms with Gasteiger partial charge in [0.1, 0.15) is 5.69 Å². The number of ketones is 1. The Labute approximate surface area is 199 Å². The minimum atomic E-state index is -3.94. The van der Waals surface area contributed by atoms with E-state index in [4.69, 9.17) is 5.41 Å². The number of carbonyl (C=O) groups is 1. The molecule has 0 saturated heterocycles. The number of rotatable bonds is 6. The Hall–Kier alpha value is -2.98. The lowest BCUT2D eigenvalue weighted by atomic mass is 9.60. The van der Waals surface area contributed by atoms with Crippen LogP contribution >= 0.6 is 0 Å². The summed E-state index contributed by atoms with van der Waals surface area (Å²) in [5, 5.41) is 14.5. The molecule has 2 heterocycles. The molecule has 2 N–H and O–H groups in total. The highest BCUT2D eigenvalue weighted by Gasteiger charge is 2.53. The van der Waals surface area contributed by atoms with E-state index in [1.54, 1.807) is 22.8 Å². The molecule has 0 spiro atoms. The summed E-state index contributed by atoms with van der Waals surface area (Å²) in [7, 11) is -2.55. The van der Waals surface area contributed by atoms with E-state index in [0.717, 1.165) is 41.5 Å². The van der Waals surface area contributed by atoms with Gasteiger partial charge in [0.2, 0.25) is 0 Å². The third-order valence-electron chi connectivity index (χ3n) is 7.24. The molecule has 2 saturated carbocycles. The van der Waals surface area contributed by atoms with Gasteiger partial charge >= 0.3 is 0 Å². The second-order valence-corrected chi connectivity index (χ2v) is 11.2. The van der Waals surface area contributed by atoms with Crippen LogP contribution in [0.3, 0.4) is 0 Å². The zero-order valence-electron chi connectivity index (χ0n) is 19.3. The molecule has 34 heavy (non-hydrogen) atoms. The molecule has 2 fully saturated rings. The van der Waals surface area contributed by atoms with Gasteiger partial charge in [-0.3, -0.25) is 19.9 Å². The van der Waals surface area contributed by atoms with Crippen LogP contribution < -0.4 is 0 Å². The summed E-state index contributed by atoms with van der Waals surface area (Å²) in [6, 6.07) is 3.17. The van der Waals surface area contributed by atoms with Gasteiger partial charge < -0.3 is 5.41 Å². The summed E-state index contributed by atoms with van der Waals surface area (Å²) >= 11 is 0. The highest BCUT2D eigenvalue weighted by Crippen LogP contribution is 2.51.